The van der Waals surface area contributed by atoms with Gasteiger partial charge in [-0.1, -0.05) is 23.7 Å². The maximum atomic E-state index is 6.15. The number of aryl methyl sites for hydroxylation is 1. The van der Waals surface area contributed by atoms with E-state index >= 15 is 0 Å². The van der Waals surface area contributed by atoms with E-state index in [9.17, 15) is 0 Å². The summed E-state index contributed by atoms with van der Waals surface area (Å²) in [6.07, 6.45) is 0.983. The minimum Gasteiger partial charge on any atom is -0.312 e. The molecule has 1 N–H and O–H groups in total. The Morgan fingerprint density at radius 3 is 2.47 bits per heavy atom. The Bertz CT molecular complexity index is 326. The summed E-state index contributed by atoms with van der Waals surface area (Å²) in [4.78, 5) is 0. The molecule has 0 aliphatic carbocycles. The van der Waals surface area contributed by atoms with Crippen molar-refractivity contribution in [3.8, 4) is 0 Å². The number of rotatable bonds is 3. The third-order valence-electron chi connectivity index (χ3n) is 2.26. The van der Waals surface area contributed by atoms with Crippen LogP contribution >= 0.6 is 11.6 Å². The van der Waals surface area contributed by atoms with E-state index in [0.29, 0.717) is 0 Å². The molecule has 0 radical (unpaired) electrons. The van der Waals surface area contributed by atoms with Gasteiger partial charge in [0.05, 0.1) is 0 Å². The molecule has 0 unspecified atom stereocenters. The van der Waals surface area contributed by atoms with Gasteiger partial charge in [-0.25, -0.2) is 0 Å². The Labute approximate surface area is 97.8 Å². The average molecular weight is 226 g/mol. The van der Waals surface area contributed by atoms with Crippen LogP contribution in [0.25, 0.3) is 0 Å². The highest BCUT2D eigenvalue weighted by Crippen LogP contribution is 2.17. The minimum absolute atomic E-state index is 0.178. The summed E-state index contributed by atoms with van der Waals surface area (Å²) in [5.74, 6) is 0. The molecule has 0 aromatic heterocycles. The van der Waals surface area contributed by atoms with Crippen LogP contribution < -0.4 is 5.32 Å². The van der Waals surface area contributed by atoms with Crippen molar-refractivity contribution < 1.29 is 0 Å². The summed E-state index contributed by atoms with van der Waals surface area (Å²) in [7, 11) is 0. The van der Waals surface area contributed by atoms with E-state index < -0.39 is 0 Å². The van der Waals surface area contributed by atoms with Crippen LogP contribution in [0.3, 0.4) is 0 Å². The zero-order valence-corrected chi connectivity index (χ0v) is 10.8. The first-order valence-corrected chi connectivity index (χ1v) is 5.76. The molecule has 1 nitrogen and oxygen atoms in total. The molecule has 0 fully saturated rings. The first kappa shape index (κ1) is 12.5. The molecule has 0 amide bonds. The van der Waals surface area contributed by atoms with Crippen LogP contribution in [0.5, 0.6) is 0 Å². The predicted molar refractivity (Wildman–Crippen MR) is 67.6 cm³/mol. The maximum absolute atomic E-state index is 6.15. The molecule has 15 heavy (non-hydrogen) atoms. The Morgan fingerprint density at radius 1 is 1.27 bits per heavy atom. The number of nitrogens with one attached hydrogen (secondary N) is 1. The van der Waals surface area contributed by atoms with Gasteiger partial charge in [0.15, 0.2) is 0 Å². The summed E-state index contributed by atoms with van der Waals surface area (Å²) in [6, 6.07) is 6.24. The van der Waals surface area contributed by atoms with Gasteiger partial charge in [-0.05, 0) is 57.9 Å². The van der Waals surface area contributed by atoms with Crippen molar-refractivity contribution in [3.63, 3.8) is 0 Å². The maximum Gasteiger partial charge on any atom is 0.0441 e. The van der Waals surface area contributed by atoms with Gasteiger partial charge in [0.25, 0.3) is 0 Å². The third kappa shape index (κ3) is 4.67. The summed E-state index contributed by atoms with van der Waals surface area (Å²) >= 11 is 6.15. The quantitative estimate of drug-likeness (QED) is 0.829. The topological polar surface area (TPSA) is 12.0 Å². The van der Waals surface area contributed by atoms with E-state index in [1.165, 1.54) is 11.1 Å². The molecular formula is C13H20ClN. The molecule has 0 saturated carbocycles. The zero-order valence-electron chi connectivity index (χ0n) is 10.0. The molecule has 0 aliphatic heterocycles. The molecule has 0 bridgehead atoms. The second-order valence-electron chi connectivity index (χ2n) is 5.02. The van der Waals surface area contributed by atoms with Gasteiger partial charge < -0.3 is 5.32 Å². The van der Waals surface area contributed by atoms with Gasteiger partial charge in [0.2, 0.25) is 0 Å². The molecule has 84 valence electrons. The fourth-order valence-corrected chi connectivity index (χ4v) is 1.76. The Hall–Kier alpha value is -0.530. The van der Waals surface area contributed by atoms with E-state index in [2.05, 4.69) is 45.1 Å². The van der Waals surface area contributed by atoms with Crippen LogP contribution in [0.2, 0.25) is 5.02 Å². The van der Waals surface area contributed by atoms with Crippen LogP contribution in [-0.2, 0) is 6.42 Å². The predicted octanol–water partition coefficient (Wildman–Crippen LogP) is 3.58. The van der Waals surface area contributed by atoms with Gasteiger partial charge >= 0.3 is 0 Å². The molecule has 1 aromatic carbocycles. The molecule has 1 rings (SSSR count). The van der Waals surface area contributed by atoms with E-state index in [-0.39, 0.29) is 5.54 Å². The number of hydrogen-bond acceptors (Lipinski definition) is 1. The summed E-state index contributed by atoms with van der Waals surface area (Å²) in [5.41, 5.74) is 2.61. The average Bonchev–Trinajstić information content (AvgIpc) is 2.07. The Balaban J connectivity index is 2.51. The molecule has 1 aromatic rings. The van der Waals surface area contributed by atoms with Gasteiger partial charge in [0, 0.05) is 10.6 Å². The zero-order chi connectivity index (χ0) is 11.5. The van der Waals surface area contributed by atoms with Crippen molar-refractivity contribution in [2.24, 2.45) is 0 Å². The third-order valence-corrected chi connectivity index (χ3v) is 2.61. The highest BCUT2D eigenvalue weighted by atomic mass is 35.5. The van der Waals surface area contributed by atoms with Gasteiger partial charge in [-0.2, -0.15) is 0 Å². The van der Waals surface area contributed by atoms with Crippen LogP contribution in [0, 0.1) is 6.92 Å². The van der Waals surface area contributed by atoms with Crippen molar-refractivity contribution >= 4 is 11.6 Å². The van der Waals surface area contributed by atoms with E-state index in [4.69, 9.17) is 11.6 Å². The molecule has 0 atom stereocenters. The molecule has 0 heterocycles. The van der Waals surface area contributed by atoms with Gasteiger partial charge in [-0.3, -0.25) is 0 Å². The number of hydrogen-bond donors (Lipinski definition) is 1. The fraction of sp³-hybridized carbons (Fsp3) is 0.538. The fourth-order valence-electron chi connectivity index (χ4n) is 1.43. The first-order valence-electron chi connectivity index (χ1n) is 5.38. The highest BCUT2D eigenvalue weighted by molar-refractivity contribution is 6.31. The molecule has 0 saturated heterocycles. The lowest BCUT2D eigenvalue weighted by Crippen LogP contribution is -2.37. The van der Waals surface area contributed by atoms with Crippen molar-refractivity contribution in [1.82, 2.24) is 5.32 Å². The van der Waals surface area contributed by atoms with E-state index in [1.54, 1.807) is 0 Å². The molecule has 0 aliphatic rings. The van der Waals surface area contributed by atoms with Crippen LogP contribution in [0.1, 0.15) is 31.9 Å². The molecule has 0 spiro atoms. The lowest BCUT2D eigenvalue weighted by atomic mass is 10.1. The van der Waals surface area contributed by atoms with Gasteiger partial charge in [0.1, 0.15) is 0 Å². The van der Waals surface area contributed by atoms with Crippen LogP contribution in [-0.4, -0.2) is 12.1 Å². The van der Waals surface area contributed by atoms with Crippen LogP contribution in [0.15, 0.2) is 18.2 Å². The second kappa shape index (κ2) is 5.00. The number of halogens is 1. The normalized spacial score (nSPS) is 11.8. The van der Waals surface area contributed by atoms with Crippen molar-refractivity contribution in [1.29, 1.82) is 0 Å². The summed E-state index contributed by atoms with van der Waals surface area (Å²) in [5, 5.41) is 4.33. The number of benzene rings is 1. The monoisotopic (exact) mass is 225 g/mol. The van der Waals surface area contributed by atoms with Crippen molar-refractivity contribution in [2.45, 2.75) is 39.7 Å². The van der Waals surface area contributed by atoms with E-state index in [1.807, 2.05) is 6.07 Å². The highest BCUT2D eigenvalue weighted by Gasteiger charge is 2.08. The largest absolute Gasteiger partial charge is 0.312 e. The van der Waals surface area contributed by atoms with Crippen molar-refractivity contribution in [3.05, 3.63) is 34.3 Å². The van der Waals surface area contributed by atoms with Crippen molar-refractivity contribution in [2.75, 3.05) is 6.54 Å². The summed E-state index contributed by atoms with van der Waals surface area (Å²) in [6.45, 7) is 9.53. The van der Waals surface area contributed by atoms with Crippen LogP contribution in [0.4, 0.5) is 0 Å². The SMILES string of the molecule is Cc1ccc(CCNC(C)(C)C)c(Cl)c1. The lowest BCUT2D eigenvalue weighted by molar-refractivity contribution is 0.429. The molecular weight excluding hydrogens is 206 g/mol. The standard InChI is InChI=1S/C13H20ClN/c1-10-5-6-11(12(14)9-10)7-8-15-13(2,3)4/h5-6,9,15H,7-8H2,1-4H3. The first-order chi connectivity index (χ1) is 6.88. The lowest BCUT2D eigenvalue weighted by Gasteiger charge is -2.20. The van der Waals surface area contributed by atoms with Gasteiger partial charge in [-0.15, -0.1) is 0 Å². The second-order valence-corrected chi connectivity index (χ2v) is 5.43. The summed E-state index contributed by atoms with van der Waals surface area (Å²) < 4.78 is 0. The Kier molecular flexibility index (Phi) is 4.18. The molecule has 2 heteroatoms. The minimum atomic E-state index is 0.178. The Morgan fingerprint density at radius 2 is 1.93 bits per heavy atom. The smallest absolute Gasteiger partial charge is 0.0441 e. The van der Waals surface area contributed by atoms with E-state index in [0.717, 1.165) is 18.0 Å².